The molecule has 8 nitrogen and oxygen atoms in total. The van der Waals surface area contributed by atoms with E-state index >= 15 is 0 Å². The summed E-state index contributed by atoms with van der Waals surface area (Å²) in [5.74, 6) is 1.49. The summed E-state index contributed by atoms with van der Waals surface area (Å²) >= 11 is 0. The summed E-state index contributed by atoms with van der Waals surface area (Å²) in [6.07, 6.45) is 9.16. The minimum absolute atomic E-state index is 0.485. The minimum atomic E-state index is 0.485. The van der Waals surface area contributed by atoms with Gasteiger partial charge in [-0.2, -0.15) is 4.98 Å². The predicted octanol–water partition coefficient (Wildman–Crippen LogP) is 4.94. The number of pyridine rings is 1. The van der Waals surface area contributed by atoms with E-state index in [4.69, 9.17) is 26.3 Å². The molecule has 1 atom stereocenters. The summed E-state index contributed by atoms with van der Waals surface area (Å²) in [5.41, 5.74) is 4.93. The number of fused-ring (bicyclic) bond motifs is 1. The van der Waals surface area contributed by atoms with Crippen LogP contribution in [-0.4, -0.2) is 64.1 Å². The zero-order chi connectivity index (χ0) is 24.5. The van der Waals surface area contributed by atoms with Crippen LogP contribution in [0.15, 0.2) is 55.0 Å². The Morgan fingerprint density at radius 3 is 2.53 bits per heavy atom. The molecule has 182 valence electrons. The molecule has 2 aliphatic heterocycles. The van der Waals surface area contributed by atoms with E-state index in [1.165, 1.54) is 12.8 Å². The van der Waals surface area contributed by atoms with Gasteiger partial charge in [-0.05, 0) is 50.6 Å². The maximum atomic E-state index is 7.32. The van der Waals surface area contributed by atoms with Gasteiger partial charge in [-0.15, -0.1) is 0 Å². The van der Waals surface area contributed by atoms with Gasteiger partial charge in [0, 0.05) is 49.7 Å². The van der Waals surface area contributed by atoms with Crippen LogP contribution in [0.3, 0.4) is 0 Å². The Hall–Kier alpha value is -3.96. The first kappa shape index (κ1) is 22.5. The molecule has 4 aromatic rings. The fourth-order valence-electron chi connectivity index (χ4n) is 5.25. The van der Waals surface area contributed by atoms with Crippen molar-refractivity contribution in [3.05, 3.63) is 66.4 Å². The van der Waals surface area contributed by atoms with E-state index in [1.54, 1.807) is 6.20 Å². The molecule has 0 aliphatic carbocycles. The lowest BCUT2D eigenvalue weighted by Gasteiger charge is -2.18. The number of ether oxygens (including phenoxy) is 1. The average molecular weight is 480 g/mol. The lowest BCUT2D eigenvalue weighted by Crippen LogP contribution is -2.19. The van der Waals surface area contributed by atoms with Crippen molar-refractivity contribution in [2.75, 3.05) is 44.7 Å². The van der Waals surface area contributed by atoms with Gasteiger partial charge in [0.05, 0.1) is 24.4 Å². The van der Waals surface area contributed by atoms with Crippen molar-refractivity contribution in [3.63, 3.8) is 0 Å². The predicted molar refractivity (Wildman–Crippen MR) is 140 cm³/mol. The van der Waals surface area contributed by atoms with E-state index in [0.717, 1.165) is 66.4 Å². The Balaban J connectivity index is 1.44. The summed E-state index contributed by atoms with van der Waals surface area (Å²) in [6.45, 7) is 12.2. The number of hydrogen-bond donors (Lipinski definition) is 0. The molecule has 36 heavy (non-hydrogen) atoms. The molecule has 0 amide bonds. The summed E-state index contributed by atoms with van der Waals surface area (Å²) < 4.78 is 8.24. The third-order valence-corrected chi connectivity index (χ3v) is 7.19. The van der Waals surface area contributed by atoms with Gasteiger partial charge in [-0.25, -0.2) is 14.8 Å². The van der Waals surface area contributed by atoms with Crippen molar-refractivity contribution < 1.29 is 4.74 Å². The fraction of sp³-hybridized carbons (Fsp3) is 0.357. The maximum absolute atomic E-state index is 7.32. The number of benzene rings is 1. The van der Waals surface area contributed by atoms with Gasteiger partial charge >= 0.3 is 6.01 Å². The Labute approximate surface area is 211 Å². The van der Waals surface area contributed by atoms with Gasteiger partial charge in [0.15, 0.2) is 11.3 Å². The van der Waals surface area contributed by atoms with Gasteiger partial charge < -0.3 is 14.5 Å². The van der Waals surface area contributed by atoms with Gasteiger partial charge in [-0.3, -0.25) is 4.40 Å². The monoisotopic (exact) mass is 479 g/mol. The lowest BCUT2D eigenvalue weighted by molar-refractivity contribution is 0.230. The van der Waals surface area contributed by atoms with Crippen molar-refractivity contribution >= 4 is 17.2 Å². The molecule has 8 heteroatoms. The number of likely N-dealkylation sites (tertiary alicyclic amines) is 1. The minimum Gasteiger partial charge on any atom is -0.464 e. The van der Waals surface area contributed by atoms with Crippen LogP contribution in [-0.2, 0) is 0 Å². The number of aromatic nitrogens is 4. The van der Waals surface area contributed by atoms with Crippen molar-refractivity contribution in [3.8, 4) is 28.4 Å². The number of nitrogens with zero attached hydrogens (tertiary/aromatic N) is 7. The summed E-state index contributed by atoms with van der Waals surface area (Å²) in [4.78, 5) is 22.7. The van der Waals surface area contributed by atoms with Crippen LogP contribution < -0.4 is 9.64 Å². The van der Waals surface area contributed by atoms with E-state index in [9.17, 15) is 0 Å². The second-order valence-electron chi connectivity index (χ2n) is 9.72. The molecule has 0 spiro atoms. The van der Waals surface area contributed by atoms with E-state index in [1.807, 2.05) is 41.1 Å². The van der Waals surface area contributed by atoms with Gasteiger partial charge in [-0.1, -0.05) is 24.3 Å². The van der Waals surface area contributed by atoms with Crippen molar-refractivity contribution in [2.45, 2.75) is 19.3 Å². The average Bonchev–Trinajstić information content (AvgIpc) is 3.70. The Bertz CT molecular complexity index is 1400. The highest BCUT2D eigenvalue weighted by atomic mass is 16.5. The SMILES string of the molecule is [C-]#[N+]c1ccc(-c2nc(OC[C@@H]3CCN(C)C3)n3ccnc3c2-c2ccc(N3CCCC3)nc2)cc1. The summed E-state index contributed by atoms with van der Waals surface area (Å²) in [5, 5.41) is 0. The van der Waals surface area contributed by atoms with Crippen molar-refractivity contribution in [2.24, 2.45) is 5.92 Å². The first-order valence-corrected chi connectivity index (χ1v) is 12.6. The van der Waals surface area contributed by atoms with Gasteiger partial charge in [0.1, 0.15) is 5.82 Å². The smallest absolute Gasteiger partial charge is 0.302 e. The largest absolute Gasteiger partial charge is 0.464 e. The first-order chi connectivity index (χ1) is 17.7. The molecule has 1 aromatic carbocycles. The number of imidazole rings is 1. The van der Waals surface area contributed by atoms with E-state index in [0.29, 0.717) is 24.2 Å². The van der Waals surface area contributed by atoms with Crippen LogP contribution in [0.2, 0.25) is 0 Å². The third-order valence-electron chi connectivity index (χ3n) is 7.19. The van der Waals surface area contributed by atoms with Crippen LogP contribution >= 0.6 is 0 Å². The van der Waals surface area contributed by atoms with Crippen LogP contribution in [0.1, 0.15) is 19.3 Å². The molecule has 2 fully saturated rings. The molecule has 0 N–H and O–H groups in total. The highest BCUT2D eigenvalue weighted by molar-refractivity contribution is 5.90. The molecule has 3 aromatic heterocycles. The summed E-state index contributed by atoms with van der Waals surface area (Å²) in [7, 11) is 2.15. The van der Waals surface area contributed by atoms with Crippen molar-refractivity contribution in [1.29, 1.82) is 0 Å². The molecule has 0 unspecified atom stereocenters. The van der Waals surface area contributed by atoms with Gasteiger partial charge in [0.25, 0.3) is 0 Å². The highest BCUT2D eigenvalue weighted by Gasteiger charge is 2.23. The molecule has 0 radical (unpaired) electrons. The Kier molecular flexibility index (Phi) is 5.99. The van der Waals surface area contributed by atoms with Crippen LogP contribution in [0.25, 0.3) is 32.9 Å². The second-order valence-corrected chi connectivity index (χ2v) is 9.72. The summed E-state index contributed by atoms with van der Waals surface area (Å²) in [6, 6.07) is 12.3. The van der Waals surface area contributed by atoms with Crippen molar-refractivity contribution in [1.82, 2.24) is 24.3 Å². The molecular formula is C28H29N7O. The molecule has 2 aliphatic rings. The number of anilines is 1. The molecule has 5 heterocycles. The normalized spacial score (nSPS) is 18.1. The standard InChI is InChI=1S/C28H29N7O/c1-29-23-8-5-21(6-9-23)26-25(22-7-10-24(31-17-22)34-13-3-4-14-34)27-30-12-16-35(27)28(32-26)36-19-20-11-15-33(2)18-20/h5-10,12,16-17,20H,3-4,11,13-15,18-19H2,2H3/t20-/m1/s1. The van der Waals surface area contributed by atoms with Gasteiger partial charge in [0.2, 0.25) is 0 Å². The van der Waals surface area contributed by atoms with Crippen LogP contribution in [0, 0.1) is 12.5 Å². The molecule has 2 saturated heterocycles. The topological polar surface area (TPSA) is 63.1 Å². The fourth-order valence-corrected chi connectivity index (χ4v) is 5.25. The zero-order valence-electron chi connectivity index (χ0n) is 20.5. The lowest BCUT2D eigenvalue weighted by atomic mass is 10.0. The van der Waals surface area contributed by atoms with Crippen LogP contribution in [0.4, 0.5) is 11.5 Å². The molecular weight excluding hydrogens is 450 g/mol. The Morgan fingerprint density at radius 2 is 1.83 bits per heavy atom. The molecule has 0 bridgehead atoms. The maximum Gasteiger partial charge on any atom is 0.302 e. The zero-order valence-corrected chi connectivity index (χ0v) is 20.5. The molecule has 6 rings (SSSR count). The first-order valence-electron chi connectivity index (χ1n) is 12.6. The Morgan fingerprint density at radius 1 is 1.03 bits per heavy atom. The highest BCUT2D eigenvalue weighted by Crippen LogP contribution is 2.37. The van der Waals surface area contributed by atoms with E-state index < -0.39 is 0 Å². The molecule has 0 saturated carbocycles. The third kappa shape index (κ3) is 4.27. The second kappa shape index (κ2) is 9.59. The van der Waals surface area contributed by atoms with E-state index in [2.05, 4.69) is 33.8 Å². The number of rotatable bonds is 6. The van der Waals surface area contributed by atoms with E-state index in [-0.39, 0.29) is 0 Å². The van der Waals surface area contributed by atoms with Crippen LogP contribution in [0.5, 0.6) is 6.01 Å². The number of hydrogen-bond acceptors (Lipinski definition) is 6. The quantitative estimate of drug-likeness (QED) is 0.365.